The summed E-state index contributed by atoms with van der Waals surface area (Å²) in [4.78, 5) is 14.4. The number of nitrogens with two attached hydrogens (primary N) is 1. The topological polar surface area (TPSA) is 46.3 Å². The van der Waals surface area contributed by atoms with Gasteiger partial charge in [0.1, 0.15) is 0 Å². The van der Waals surface area contributed by atoms with Crippen LogP contribution in [0.15, 0.2) is 0 Å². The van der Waals surface area contributed by atoms with Gasteiger partial charge in [-0.2, -0.15) is 0 Å². The molecule has 2 N–H and O–H groups in total. The Morgan fingerprint density at radius 3 is 2.62 bits per heavy atom. The first-order valence-corrected chi connectivity index (χ1v) is 6.73. The van der Waals surface area contributed by atoms with Crippen LogP contribution >= 0.6 is 0 Å². The molecule has 0 radical (unpaired) electrons. The monoisotopic (exact) mass is 224 g/mol. The van der Waals surface area contributed by atoms with Crippen molar-refractivity contribution in [2.75, 3.05) is 13.1 Å². The second-order valence-electron chi connectivity index (χ2n) is 5.59. The molecule has 1 aliphatic heterocycles. The smallest absolute Gasteiger partial charge is 0.227 e. The number of carbonyl (C=O) groups is 1. The maximum Gasteiger partial charge on any atom is 0.227 e. The van der Waals surface area contributed by atoms with Gasteiger partial charge in [-0.25, -0.2) is 0 Å². The third-order valence-electron chi connectivity index (χ3n) is 4.12. The van der Waals surface area contributed by atoms with Crippen LogP contribution in [0, 0.1) is 11.8 Å². The molecule has 1 heterocycles. The van der Waals surface area contributed by atoms with Crippen molar-refractivity contribution < 1.29 is 4.79 Å². The SMILES string of the molecule is CC1CCN(C(=O)C2CCCCCC2N)C1. The molecule has 0 aromatic rings. The molecular formula is C13H24N2O. The van der Waals surface area contributed by atoms with Gasteiger partial charge in [0, 0.05) is 19.1 Å². The minimum absolute atomic E-state index is 0.103. The van der Waals surface area contributed by atoms with E-state index >= 15 is 0 Å². The van der Waals surface area contributed by atoms with Gasteiger partial charge in [0.15, 0.2) is 0 Å². The normalized spacial score (nSPS) is 36.1. The van der Waals surface area contributed by atoms with E-state index in [9.17, 15) is 4.79 Å². The van der Waals surface area contributed by atoms with Crippen molar-refractivity contribution in [3.8, 4) is 0 Å². The van der Waals surface area contributed by atoms with Crippen LogP contribution in [-0.4, -0.2) is 29.9 Å². The quantitative estimate of drug-likeness (QED) is 0.690. The van der Waals surface area contributed by atoms with E-state index in [-0.39, 0.29) is 12.0 Å². The highest BCUT2D eigenvalue weighted by atomic mass is 16.2. The molecule has 2 fully saturated rings. The predicted octanol–water partition coefficient (Wildman–Crippen LogP) is 1.76. The molecule has 3 unspecified atom stereocenters. The maximum absolute atomic E-state index is 12.4. The molecule has 92 valence electrons. The summed E-state index contributed by atoms with van der Waals surface area (Å²) in [5, 5.41) is 0. The number of amides is 1. The Bertz CT molecular complexity index is 254. The molecule has 2 aliphatic rings. The third-order valence-corrected chi connectivity index (χ3v) is 4.12. The third kappa shape index (κ3) is 2.57. The Morgan fingerprint density at radius 2 is 1.94 bits per heavy atom. The first kappa shape index (κ1) is 11.9. The largest absolute Gasteiger partial charge is 0.342 e. The standard InChI is InChI=1S/C13H24N2O/c1-10-7-8-15(9-10)13(16)11-5-3-2-4-6-12(11)14/h10-12H,2-9,14H2,1H3. The van der Waals surface area contributed by atoms with Gasteiger partial charge in [0.05, 0.1) is 5.92 Å². The van der Waals surface area contributed by atoms with Crippen LogP contribution in [0.3, 0.4) is 0 Å². The van der Waals surface area contributed by atoms with Gasteiger partial charge < -0.3 is 10.6 Å². The highest BCUT2D eigenvalue weighted by molar-refractivity contribution is 5.79. The molecule has 1 saturated carbocycles. The van der Waals surface area contributed by atoms with Gasteiger partial charge in [0.2, 0.25) is 5.91 Å². The molecule has 3 nitrogen and oxygen atoms in total. The summed E-state index contributed by atoms with van der Waals surface area (Å²) in [6, 6.07) is 0.103. The van der Waals surface area contributed by atoms with Crippen molar-refractivity contribution in [3.05, 3.63) is 0 Å². The Balaban J connectivity index is 1.96. The van der Waals surface area contributed by atoms with E-state index in [1.807, 2.05) is 4.90 Å². The van der Waals surface area contributed by atoms with E-state index in [0.717, 1.165) is 32.4 Å². The summed E-state index contributed by atoms with van der Waals surface area (Å²) >= 11 is 0. The van der Waals surface area contributed by atoms with Crippen molar-refractivity contribution in [2.45, 2.75) is 51.5 Å². The first-order valence-electron chi connectivity index (χ1n) is 6.73. The highest BCUT2D eigenvalue weighted by Gasteiger charge is 2.33. The molecule has 0 aromatic carbocycles. The zero-order valence-electron chi connectivity index (χ0n) is 10.3. The molecule has 3 heteroatoms. The molecule has 2 rings (SSSR count). The second-order valence-corrected chi connectivity index (χ2v) is 5.59. The average molecular weight is 224 g/mol. The van der Waals surface area contributed by atoms with Crippen LogP contribution in [-0.2, 0) is 4.79 Å². The number of nitrogens with zero attached hydrogens (tertiary/aromatic N) is 1. The van der Waals surface area contributed by atoms with Gasteiger partial charge >= 0.3 is 0 Å². The number of likely N-dealkylation sites (tertiary alicyclic amines) is 1. The minimum atomic E-state index is 0.103. The lowest BCUT2D eigenvalue weighted by atomic mass is 9.94. The van der Waals surface area contributed by atoms with Crippen LogP contribution in [0.4, 0.5) is 0 Å². The van der Waals surface area contributed by atoms with E-state index in [1.165, 1.54) is 19.3 Å². The Hall–Kier alpha value is -0.570. The van der Waals surface area contributed by atoms with E-state index in [4.69, 9.17) is 5.73 Å². The van der Waals surface area contributed by atoms with Crippen LogP contribution in [0.25, 0.3) is 0 Å². The first-order chi connectivity index (χ1) is 7.68. The Morgan fingerprint density at radius 1 is 1.19 bits per heavy atom. The molecule has 1 aliphatic carbocycles. The van der Waals surface area contributed by atoms with Crippen molar-refractivity contribution >= 4 is 5.91 Å². The van der Waals surface area contributed by atoms with Crippen LogP contribution in [0.5, 0.6) is 0 Å². The fourth-order valence-corrected chi connectivity index (χ4v) is 3.01. The minimum Gasteiger partial charge on any atom is -0.342 e. The lowest BCUT2D eigenvalue weighted by molar-refractivity contribution is -0.135. The molecular weight excluding hydrogens is 200 g/mol. The predicted molar refractivity (Wildman–Crippen MR) is 64.9 cm³/mol. The van der Waals surface area contributed by atoms with Gasteiger partial charge in [-0.05, 0) is 25.2 Å². The lowest BCUT2D eigenvalue weighted by Crippen LogP contribution is -2.42. The summed E-state index contributed by atoms with van der Waals surface area (Å²) in [5.74, 6) is 1.11. The van der Waals surface area contributed by atoms with Crippen molar-refractivity contribution in [1.82, 2.24) is 4.90 Å². The molecule has 1 amide bonds. The van der Waals surface area contributed by atoms with Crippen molar-refractivity contribution in [3.63, 3.8) is 0 Å². The summed E-state index contributed by atoms with van der Waals surface area (Å²) in [7, 11) is 0. The van der Waals surface area contributed by atoms with Gasteiger partial charge in [-0.15, -0.1) is 0 Å². The highest BCUT2D eigenvalue weighted by Crippen LogP contribution is 2.26. The number of hydrogen-bond donors (Lipinski definition) is 1. The van der Waals surface area contributed by atoms with Gasteiger partial charge in [-0.3, -0.25) is 4.79 Å². The van der Waals surface area contributed by atoms with Crippen LogP contribution < -0.4 is 5.73 Å². The van der Waals surface area contributed by atoms with E-state index in [2.05, 4.69) is 6.92 Å². The molecule has 3 atom stereocenters. The van der Waals surface area contributed by atoms with Gasteiger partial charge in [-0.1, -0.05) is 26.2 Å². The average Bonchev–Trinajstić information content (AvgIpc) is 2.57. The number of carbonyl (C=O) groups excluding carboxylic acids is 1. The summed E-state index contributed by atoms with van der Waals surface area (Å²) in [5.41, 5.74) is 6.13. The summed E-state index contributed by atoms with van der Waals surface area (Å²) in [6.07, 6.45) is 6.81. The fraction of sp³-hybridized carbons (Fsp3) is 0.923. The van der Waals surface area contributed by atoms with Crippen LogP contribution in [0.2, 0.25) is 0 Å². The molecule has 0 spiro atoms. The Kier molecular flexibility index (Phi) is 3.85. The van der Waals surface area contributed by atoms with Crippen LogP contribution in [0.1, 0.15) is 45.4 Å². The van der Waals surface area contributed by atoms with E-state index in [0.29, 0.717) is 11.8 Å². The number of hydrogen-bond acceptors (Lipinski definition) is 2. The summed E-state index contributed by atoms with van der Waals surface area (Å²) in [6.45, 7) is 4.12. The van der Waals surface area contributed by atoms with Crippen molar-refractivity contribution in [1.29, 1.82) is 0 Å². The molecule has 16 heavy (non-hydrogen) atoms. The second kappa shape index (κ2) is 5.17. The maximum atomic E-state index is 12.4. The zero-order valence-corrected chi connectivity index (χ0v) is 10.3. The van der Waals surface area contributed by atoms with E-state index < -0.39 is 0 Å². The molecule has 1 saturated heterocycles. The van der Waals surface area contributed by atoms with E-state index in [1.54, 1.807) is 0 Å². The fourth-order valence-electron chi connectivity index (χ4n) is 3.01. The lowest BCUT2D eigenvalue weighted by Gasteiger charge is -2.26. The summed E-state index contributed by atoms with van der Waals surface area (Å²) < 4.78 is 0. The van der Waals surface area contributed by atoms with Crippen molar-refractivity contribution in [2.24, 2.45) is 17.6 Å². The molecule has 0 bridgehead atoms. The molecule has 0 aromatic heterocycles. The zero-order chi connectivity index (χ0) is 11.5. The number of rotatable bonds is 1. The Labute approximate surface area is 98.4 Å². The van der Waals surface area contributed by atoms with Gasteiger partial charge in [0.25, 0.3) is 0 Å².